The van der Waals surface area contributed by atoms with Crippen molar-refractivity contribution >= 4 is 145 Å². The average molecular weight is 2040 g/mol. The molecule has 1 aromatic carbocycles. The second-order valence-corrected chi connectivity index (χ2v) is 36.1. The second kappa shape index (κ2) is 68.0. The summed E-state index contributed by atoms with van der Waals surface area (Å²) in [7, 11) is -2.46. The third-order valence-corrected chi connectivity index (χ3v) is 25.0. The summed E-state index contributed by atoms with van der Waals surface area (Å²) >= 11 is 4.49. The molecule has 11 atom stereocenters. The van der Waals surface area contributed by atoms with Crippen LogP contribution in [0.25, 0.3) is 10.9 Å². The number of aliphatic hydroxyl groups is 3. The standard InChI is InChI=1S/C85H137N17O32S4/c1-6-54(2)62-37-59(104)40-92-79(115)56-35-63-61-7-8-68(106)64(78(61)97-83(63)138(121)53-66(94-75(113)44-93-80(62)116)81(117)95-65(39-71(86)109)84(119)102-46-60(105)38-67(102)82(118)96-77(69(107)36-56)55(3)70(108)47-103)52-137-34-33-132-32-31-131-30-29-130-28-27-129-26-25-128-24-23-127-22-21-126-20-19-125-18-17-124-16-15-123-14-13-122-12-11-101-45-57(98-100-101)48-133-85(120)88-10-9-87-72(110)41-89-73(111)42-90-74(112)43-91-76(114)49-134-99-58(50-135-4)51-136-5/h7-8,45,54-56,60,62,65-67,70,77,97-98,100,103,105-106,108H,6,9-44,46-53H2,1-5H3,(H2,86,109)(H,87,110)(H,88,120)(H,89,111)(H,90,112)(H,91,114)(H,92,115)(H,93,116)(H,94,113)(H,95,117)(H,96,118)/t54-,55-,56+,60+,62-,65-,66?,67-,70-,77-,138?/m0/s1. The minimum Gasteiger partial charge on any atom is -0.508 e. The largest absolute Gasteiger partial charge is 0.508 e. The third-order valence-electron chi connectivity index (χ3n) is 21.4. The van der Waals surface area contributed by atoms with Crippen molar-refractivity contribution in [1.82, 2.24) is 79.0 Å². The van der Waals surface area contributed by atoms with Crippen LogP contribution in [0.15, 0.2) is 34.2 Å². The molecule has 2 bridgehead atoms. The number of hydrazine groups is 2. The monoisotopic (exact) mass is 2040 g/mol. The predicted octanol–water partition coefficient (Wildman–Crippen LogP) is -5.87. The molecule has 19 N–H and O–H groups in total. The van der Waals surface area contributed by atoms with Gasteiger partial charge in [0.05, 0.1) is 249 Å². The normalized spacial score (nSPS) is 19.9. The van der Waals surface area contributed by atoms with E-state index in [2.05, 4.69) is 74.3 Å². The topological polar surface area (TPSA) is 662 Å². The fraction of sp³-hybridized carbons (Fsp3) is 0.706. The number of Topliss-reactive ketones (excluding diaryl/α,β-unsaturated/α-hetero) is 2. The van der Waals surface area contributed by atoms with E-state index in [1.807, 2.05) is 12.5 Å². The van der Waals surface area contributed by atoms with Crippen LogP contribution in [0.5, 0.6) is 5.75 Å². The summed E-state index contributed by atoms with van der Waals surface area (Å²) in [6, 6.07) is -4.20. The number of ether oxygens (including phenoxy) is 12. The van der Waals surface area contributed by atoms with Crippen LogP contribution in [0.1, 0.15) is 64.0 Å². The fourth-order valence-corrected chi connectivity index (χ4v) is 17.2. The fourth-order valence-electron chi connectivity index (χ4n) is 13.8. The number of aliphatic hydroxyl groups excluding tert-OH is 3. The molecule has 0 radical (unpaired) electrons. The van der Waals surface area contributed by atoms with E-state index >= 15 is 9.00 Å². The number of nitrogens with two attached hydrogens (primary N) is 1. The lowest BCUT2D eigenvalue weighted by atomic mass is 9.85. The molecule has 6 rings (SSSR count). The molecule has 2 aromatic rings. The molecule has 53 heteroatoms. The van der Waals surface area contributed by atoms with Gasteiger partial charge in [0, 0.05) is 96.8 Å². The quantitative estimate of drug-likeness (QED) is 0.0167. The SMILES string of the molecule is CC[C@H](C)[C@@H]1CC(=O)CNC(=O)[C@H]2CC(=O)[C@H]([C@@H](C)[C@@H](O)CO)NC(=O)[C@@H]3C[C@@H](O)CN3C(=O)[C@H](CC(N)=O)NC(=O)C(CS(=O)c3[nH]c4c(CSCCOCCOCCOCCOCCOCCOCCOCCOCCOCCOCCOCCN5C=C(COC(=O)NCCNC(=O)CNC(=O)CNC(=O)CNC(=O)CON=C(CSC)CSC)NN5)c(O)ccc4c3C2)NC(=O)CNC1=O. The van der Waals surface area contributed by atoms with E-state index in [9.17, 15) is 82.8 Å². The molecule has 49 nitrogen and oxygen atoms in total. The van der Waals surface area contributed by atoms with Crippen LogP contribution in [0.2, 0.25) is 0 Å². The number of oxime groups is 1. The molecule has 0 spiro atoms. The number of nitrogens with one attached hydrogen (secondary N) is 13. The third kappa shape index (κ3) is 45.6. The Labute approximate surface area is 815 Å². The minimum atomic E-state index is -2.46. The lowest BCUT2D eigenvalue weighted by Crippen LogP contribution is -2.60. The number of fused-ring (bicyclic) bond motifs is 5. The number of H-pyrrole nitrogens is 1. The van der Waals surface area contributed by atoms with Crippen LogP contribution >= 0.6 is 35.3 Å². The Balaban J connectivity index is 0.779. The van der Waals surface area contributed by atoms with Gasteiger partial charge in [-0.1, -0.05) is 32.3 Å². The van der Waals surface area contributed by atoms with Gasteiger partial charge in [0.15, 0.2) is 18.2 Å². The first-order valence-electron chi connectivity index (χ1n) is 45.4. The van der Waals surface area contributed by atoms with Crippen molar-refractivity contribution in [3.05, 3.63) is 35.2 Å². The molecular formula is C85H137N17O32S4. The zero-order valence-corrected chi connectivity index (χ0v) is 81.9. The maximum Gasteiger partial charge on any atom is 0.407 e. The molecule has 778 valence electrons. The van der Waals surface area contributed by atoms with Crippen molar-refractivity contribution in [2.45, 2.75) is 106 Å². The molecule has 0 aliphatic carbocycles. The highest BCUT2D eigenvalue weighted by atomic mass is 32.2. The summed E-state index contributed by atoms with van der Waals surface area (Å²) < 4.78 is 82.2. The number of alkyl carbamates (subject to hydrolysis) is 1. The van der Waals surface area contributed by atoms with Crippen molar-refractivity contribution in [3.8, 4) is 5.75 Å². The maximum absolute atomic E-state index is 15.3. The first kappa shape index (κ1) is 117. The molecule has 138 heavy (non-hydrogen) atoms. The molecular weight excluding hydrogens is 1900 g/mol. The Morgan fingerprint density at radius 3 is 1.73 bits per heavy atom. The van der Waals surface area contributed by atoms with Gasteiger partial charge in [-0.3, -0.25) is 71.5 Å². The number of aromatic nitrogens is 1. The van der Waals surface area contributed by atoms with Crippen LogP contribution in [0, 0.1) is 23.7 Å². The number of phenols is 1. The van der Waals surface area contributed by atoms with Gasteiger partial charge >= 0.3 is 6.09 Å². The Kier molecular flexibility index (Phi) is 57.9. The van der Waals surface area contributed by atoms with Crippen LogP contribution in [0.4, 0.5) is 4.79 Å². The highest BCUT2D eigenvalue weighted by molar-refractivity contribution is 8.00. The maximum atomic E-state index is 15.3. The number of amides is 12. The smallest absolute Gasteiger partial charge is 0.407 e. The Morgan fingerprint density at radius 1 is 0.645 bits per heavy atom. The van der Waals surface area contributed by atoms with Crippen LogP contribution in [0.3, 0.4) is 0 Å². The highest BCUT2D eigenvalue weighted by Gasteiger charge is 2.46. The summed E-state index contributed by atoms with van der Waals surface area (Å²) in [5, 5.41) is 74.0. The van der Waals surface area contributed by atoms with Crippen LogP contribution < -0.4 is 69.9 Å². The number of hydrogen-bond donors (Lipinski definition) is 18. The minimum absolute atomic E-state index is 0.0480. The number of phenolic OH excluding ortho intramolecular Hbond substituents is 1. The van der Waals surface area contributed by atoms with Crippen molar-refractivity contribution in [1.29, 1.82) is 0 Å². The van der Waals surface area contributed by atoms with Crippen molar-refractivity contribution in [2.75, 3.05) is 260 Å². The summed E-state index contributed by atoms with van der Waals surface area (Å²) in [5.74, 6) is -14.3. The molecule has 1 aromatic heterocycles. The summed E-state index contributed by atoms with van der Waals surface area (Å²) in [4.78, 5) is 197. The van der Waals surface area contributed by atoms with E-state index in [1.165, 1.54) is 30.8 Å². The van der Waals surface area contributed by atoms with Gasteiger partial charge < -0.3 is 156 Å². The highest BCUT2D eigenvalue weighted by Crippen LogP contribution is 2.37. The van der Waals surface area contributed by atoms with Crippen molar-refractivity contribution in [2.24, 2.45) is 34.6 Å². The van der Waals surface area contributed by atoms with E-state index in [1.54, 1.807) is 48.6 Å². The average Bonchev–Trinajstić information content (AvgIpc) is 1.61. The summed E-state index contributed by atoms with van der Waals surface area (Å²) in [6.45, 7) is 8.66. The second-order valence-electron chi connectivity index (χ2n) is 31.9. The Morgan fingerprint density at radius 2 is 1.18 bits per heavy atom. The van der Waals surface area contributed by atoms with Crippen molar-refractivity contribution < 1.29 is 153 Å². The van der Waals surface area contributed by atoms with E-state index in [-0.39, 0.29) is 92.2 Å². The number of ketones is 2. The number of primary amides is 1. The first-order chi connectivity index (χ1) is 66.5. The zero-order valence-electron chi connectivity index (χ0n) is 78.6. The number of carbonyl (C=O) groups excluding carboxylic acids is 14. The molecule has 4 aliphatic rings. The molecule has 5 heterocycles. The van der Waals surface area contributed by atoms with Crippen LogP contribution in [-0.4, -0.2) is 424 Å². The van der Waals surface area contributed by atoms with Gasteiger partial charge in [-0.25, -0.2) is 4.79 Å². The molecule has 1 saturated heterocycles. The van der Waals surface area contributed by atoms with E-state index in [0.29, 0.717) is 167 Å². The van der Waals surface area contributed by atoms with E-state index < -0.39 is 224 Å². The molecule has 12 amide bonds. The van der Waals surface area contributed by atoms with E-state index in [4.69, 9.17) is 67.4 Å². The first-order valence-corrected chi connectivity index (χ1v) is 50.6. The number of aromatic hydroxyl groups is 1. The van der Waals surface area contributed by atoms with Gasteiger partial charge in [0.25, 0.3) is 5.91 Å². The number of thioether (sulfide) groups is 3. The number of carbonyl (C=O) groups is 14. The lowest BCUT2D eigenvalue weighted by Gasteiger charge is -2.32. The lowest BCUT2D eigenvalue weighted by molar-refractivity contribution is -0.144. The van der Waals surface area contributed by atoms with Gasteiger partial charge in [0.2, 0.25) is 59.1 Å². The Bertz CT molecular complexity index is 4250. The molecule has 4 aliphatic heterocycles. The molecule has 0 saturated carbocycles. The summed E-state index contributed by atoms with van der Waals surface area (Å²) in [5.41, 5.74) is 13.4. The number of rotatable bonds is 63. The number of aromatic amines is 1. The summed E-state index contributed by atoms with van der Waals surface area (Å²) in [6.07, 6.45) is -0.719. The van der Waals surface area contributed by atoms with Crippen LogP contribution in [-0.2, 0) is 147 Å². The number of hydrogen-bond acceptors (Lipinski definition) is 39. The predicted molar refractivity (Wildman–Crippen MR) is 502 cm³/mol. The van der Waals surface area contributed by atoms with Crippen molar-refractivity contribution in [3.63, 3.8) is 0 Å². The van der Waals surface area contributed by atoms with Gasteiger partial charge in [-0.15, -0.1) is 5.53 Å². The molecule has 1 fully saturated rings. The number of benzene rings is 1. The zero-order chi connectivity index (χ0) is 100. The number of nitrogens with zero attached hydrogens (tertiary/aromatic N) is 3. The van der Waals surface area contributed by atoms with Gasteiger partial charge in [0.1, 0.15) is 35.5 Å². The van der Waals surface area contributed by atoms with E-state index in [0.717, 1.165) is 10.6 Å². The molecule has 2 unspecified atom stereocenters. The Hall–Kier alpha value is -9.25. The van der Waals surface area contributed by atoms with Gasteiger partial charge in [-0.2, -0.15) is 35.3 Å². The van der Waals surface area contributed by atoms with Gasteiger partial charge in [-0.05, 0) is 42.5 Å².